The number of hydrogen-bond acceptors (Lipinski definition) is 10. The second kappa shape index (κ2) is 14.9. The Labute approximate surface area is 275 Å². The topological polar surface area (TPSA) is 141 Å². The monoisotopic (exact) mass is 677 g/mol. The van der Waals surface area contributed by atoms with Crippen molar-refractivity contribution in [3.05, 3.63) is 68.7 Å². The lowest BCUT2D eigenvalue weighted by atomic mass is 10.1. The average Bonchev–Trinajstić information content (AvgIpc) is 3.55. The van der Waals surface area contributed by atoms with Gasteiger partial charge >= 0.3 is 0 Å². The summed E-state index contributed by atoms with van der Waals surface area (Å²) in [6, 6.07) is 0.566. The molecule has 1 saturated heterocycles. The van der Waals surface area contributed by atoms with Crippen LogP contribution in [-0.2, 0) is 26.7 Å². The van der Waals surface area contributed by atoms with Gasteiger partial charge in [0.25, 0.3) is 11.8 Å². The number of ether oxygens (including phenoxy) is 1. The lowest BCUT2D eigenvalue weighted by Gasteiger charge is -2.25. The van der Waals surface area contributed by atoms with Crippen LogP contribution in [-0.4, -0.2) is 69.1 Å². The highest BCUT2D eigenvalue weighted by Gasteiger charge is 2.29. The first-order chi connectivity index (χ1) is 21.6. The molecule has 0 bridgehead atoms. The number of carbonyl (C=O) groups excluding carboxylic acids is 2. The zero-order valence-corrected chi connectivity index (χ0v) is 27.8. The van der Waals surface area contributed by atoms with Crippen LogP contribution in [0.2, 0.25) is 5.02 Å². The Morgan fingerprint density at radius 1 is 1.26 bits per heavy atom. The molecule has 11 nitrogen and oxygen atoms in total. The summed E-state index contributed by atoms with van der Waals surface area (Å²) in [5.41, 5.74) is 3.10. The van der Waals surface area contributed by atoms with Crippen molar-refractivity contribution >= 4 is 46.3 Å². The SMILES string of the molecule is CC(NC(=O)C1=NC=C=CC(N2CC[C@H](CNC(O)OC(C)(C)C)C2)=C1)c1ncc(CC(=O)Nc2cc(C(C)(F)F)c(Cl)cn2)s1. The number of halogens is 3. The molecule has 0 radical (unpaired) electrons. The van der Waals surface area contributed by atoms with Crippen molar-refractivity contribution in [1.82, 2.24) is 25.5 Å². The predicted molar refractivity (Wildman–Crippen MR) is 173 cm³/mol. The predicted octanol–water partition coefficient (Wildman–Crippen LogP) is 4.67. The number of carbonyl (C=O) groups is 2. The fraction of sp³-hybridized carbons (Fsp3) is 0.484. The summed E-state index contributed by atoms with van der Waals surface area (Å²) in [6.07, 6.45) is 7.33. The lowest BCUT2D eigenvalue weighted by Crippen LogP contribution is -2.40. The molecule has 2 aliphatic heterocycles. The molecule has 4 N–H and O–H groups in total. The van der Waals surface area contributed by atoms with E-state index in [-0.39, 0.29) is 28.9 Å². The van der Waals surface area contributed by atoms with E-state index in [4.69, 9.17) is 16.3 Å². The van der Waals surface area contributed by atoms with Crippen LogP contribution < -0.4 is 16.0 Å². The Bertz CT molecular complexity index is 1560. The Balaban J connectivity index is 1.30. The second-order valence-electron chi connectivity index (χ2n) is 12.1. The third-order valence-corrected chi connectivity index (χ3v) is 8.43. The van der Waals surface area contributed by atoms with Crippen molar-refractivity contribution in [3.8, 4) is 0 Å². The van der Waals surface area contributed by atoms with E-state index in [1.165, 1.54) is 23.7 Å². The number of anilines is 1. The van der Waals surface area contributed by atoms with Gasteiger partial charge in [0.1, 0.15) is 16.5 Å². The number of aliphatic hydroxyl groups excluding tert-OH is 1. The third kappa shape index (κ3) is 10.2. The van der Waals surface area contributed by atoms with Crippen molar-refractivity contribution in [1.29, 1.82) is 0 Å². The maximum atomic E-state index is 13.8. The van der Waals surface area contributed by atoms with Crippen LogP contribution in [0.3, 0.4) is 0 Å². The van der Waals surface area contributed by atoms with Crippen LogP contribution >= 0.6 is 22.9 Å². The molecule has 2 aromatic heterocycles. The highest BCUT2D eigenvalue weighted by Crippen LogP contribution is 2.33. The normalized spacial score (nSPS) is 18.1. The summed E-state index contributed by atoms with van der Waals surface area (Å²) in [7, 11) is 0. The number of aliphatic hydroxyl groups is 1. The van der Waals surface area contributed by atoms with Crippen molar-refractivity contribution < 1.29 is 28.2 Å². The number of nitrogens with one attached hydrogen (secondary N) is 3. The van der Waals surface area contributed by atoms with Gasteiger partial charge in [0.05, 0.1) is 29.3 Å². The summed E-state index contributed by atoms with van der Waals surface area (Å²) in [5, 5.41) is 18.9. The van der Waals surface area contributed by atoms with Crippen molar-refractivity contribution in [3.63, 3.8) is 0 Å². The fourth-order valence-electron chi connectivity index (χ4n) is 4.76. The molecule has 2 aliphatic rings. The molecule has 3 atom stereocenters. The van der Waals surface area contributed by atoms with Crippen molar-refractivity contribution in [2.45, 2.75) is 71.4 Å². The number of aliphatic imine (C=N–C) groups is 1. The summed E-state index contributed by atoms with van der Waals surface area (Å²) >= 11 is 7.07. The third-order valence-electron chi connectivity index (χ3n) is 6.94. The largest absolute Gasteiger partial charge is 0.371 e. The molecule has 4 rings (SSSR count). The van der Waals surface area contributed by atoms with Gasteiger partial charge in [0.2, 0.25) is 12.3 Å². The number of hydrogen-bond donors (Lipinski definition) is 4. The van der Waals surface area contributed by atoms with E-state index in [1.54, 1.807) is 19.1 Å². The fourth-order valence-corrected chi connectivity index (χ4v) is 5.95. The zero-order valence-electron chi connectivity index (χ0n) is 26.2. The Hall–Kier alpha value is -3.52. The van der Waals surface area contributed by atoms with Gasteiger partial charge in [-0.15, -0.1) is 11.3 Å². The van der Waals surface area contributed by atoms with E-state index in [1.807, 2.05) is 20.8 Å². The van der Waals surface area contributed by atoms with Crippen LogP contribution in [0.4, 0.5) is 14.6 Å². The number of allylic oxidation sites excluding steroid dienone is 1. The van der Waals surface area contributed by atoms with Crippen LogP contribution in [0.5, 0.6) is 0 Å². The zero-order chi connectivity index (χ0) is 33.6. The molecular formula is C31H38ClF2N7O4S. The quantitative estimate of drug-likeness (QED) is 0.188. The summed E-state index contributed by atoms with van der Waals surface area (Å²) in [5.74, 6) is -3.82. The molecule has 2 aromatic rings. The Morgan fingerprint density at radius 2 is 2.02 bits per heavy atom. The molecular weight excluding hydrogens is 640 g/mol. The Kier molecular flexibility index (Phi) is 11.5. The van der Waals surface area contributed by atoms with Crippen LogP contribution in [0.1, 0.15) is 62.5 Å². The molecule has 2 amide bonds. The molecule has 1 fully saturated rings. The maximum Gasteiger partial charge on any atom is 0.272 e. The molecule has 0 aliphatic carbocycles. The highest BCUT2D eigenvalue weighted by atomic mass is 35.5. The Morgan fingerprint density at radius 3 is 2.74 bits per heavy atom. The minimum atomic E-state index is -3.19. The van der Waals surface area contributed by atoms with Gasteiger partial charge in [0.15, 0.2) is 0 Å². The molecule has 15 heteroatoms. The number of alkyl halides is 2. The van der Waals surface area contributed by atoms with Gasteiger partial charge in [0, 0.05) is 61.2 Å². The highest BCUT2D eigenvalue weighted by molar-refractivity contribution is 7.11. The van der Waals surface area contributed by atoms with Crippen LogP contribution in [0.15, 0.2) is 53.2 Å². The standard InChI is InChI=1S/C31H38ClF2N7O4S/c1-18(28-37-15-21(46-28)12-26(42)40-25-13-22(31(5,33)34)23(32)16-36-25)39-27(43)24-11-20(7-6-9-35-24)41-10-8-19(17-41)14-38-29(44)45-30(2,3)4/h7,9,11,13,15-16,18-19,29,38,44H,8,10,12,14,17H2,1-5H3,(H,39,43)(H,36,40,42)/t18?,19-,29?/m1/s1. The van der Waals surface area contributed by atoms with E-state index in [9.17, 15) is 23.5 Å². The van der Waals surface area contributed by atoms with Gasteiger partial charge in [-0.25, -0.2) is 23.7 Å². The van der Waals surface area contributed by atoms with E-state index in [0.717, 1.165) is 37.5 Å². The molecule has 0 saturated carbocycles. The summed E-state index contributed by atoms with van der Waals surface area (Å²) < 4.78 is 33.1. The van der Waals surface area contributed by atoms with E-state index in [0.29, 0.717) is 23.4 Å². The summed E-state index contributed by atoms with van der Waals surface area (Å²) in [4.78, 5) is 41.0. The number of likely N-dealkylation sites (tertiary alicyclic amines) is 1. The molecule has 4 heterocycles. The second-order valence-corrected chi connectivity index (χ2v) is 13.7. The number of amides is 2. The first-order valence-electron chi connectivity index (χ1n) is 14.7. The first-order valence-corrected chi connectivity index (χ1v) is 15.9. The lowest BCUT2D eigenvalue weighted by molar-refractivity contribution is -0.182. The van der Waals surface area contributed by atoms with E-state index >= 15 is 0 Å². The molecule has 248 valence electrons. The average molecular weight is 678 g/mol. The van der Waals surface area contributed by atoms with Gasteiger partial charge in [-0.3, -0.25) is 14.9 Å². The number of aromatic nitrogens is 2. The summed E-state index contributed by atoms with van der Waals surface area (Å²) in [6.45, 7) is 10.2. The molecule has 46 heavy (non-hydrogen) atoms. The number of nitrogens with zero attached hydrogens (tertiary/aromatic N) is 4. The van der Waals surface area contributed by atoms with Gasteiger partial charge in [-0.05, 0) is 52.2 Å². The minimum Gasteiger partial charge on any atom is -0.371 e. The smallest absolute Gasteiger partial charge is 0.272 e. The molecule has 0 aromatic carbocycles. The van der Waals surface area contributed by atoms with Crippen molar-refractivity contribution in [2.75, 3.05) is 25.0 Å². The van der Waals surface area contributed by atoms with Crippen LogP contribution in [0.25, 0.3) is 0 Å². The first kappa shape index (κ1) is 35.3. The van der Waals surface area contributed by atoms with Gasteiger partial charge in [-0.1, -0.05) is 17.3 Å². The number of thiazole rings is 1. The maximum absolute atomic E-state index is 13.8. The van der Waals surface area contributed by atoms with Crippen LogP contribution in [0, 0.1) is 5.92 Å². The van der Waals surface area contributed by atoms with Gasteiger partial charge in [-0.2, -0.15) is 0 Å². The van der Waals surface area contributed by atoms with Gasteiger partial charge < -0.3 is 25.4 Å². The number of pyridine rings is 1. The van der Waals surface area contributed by atoms with E-state index < -0.39 is 41.4 Å². The molecule has 0 spiro atoms. The number of rotatable bonds is 12. The van der Waals surface area contributed by atoms with E-state index in [2.05, 4.69) is 41.5 Å². The molecule has 2 unspecified atom stereocenters. The van der Waals surface area contributed by atoms with Crippen molar-refractivity contribution in [2.24, 2.45) is 10.9 Å². The minimum absolute atomic E-state index is 0.0398.